The van der Waals surface area contributed by atoms with Gasteiger partial charge in [-0.1, -0.05) is 31.4 Å². The first-order valence-corrected chi connectivity index (χ1v) is 15.9. The predicted molar refractivity (Wildman–Crippen MR) is 181 cm³/mol. The number of rotatable bonds is 24. The number of carbonyl (C=O) groups excluding carboxylic acids is 2. The Morgan fingerprint density at radius 1 is 0.604 bits per heavy atom. The number of aromatic nitrogens is 1. The minimum Gasteiger partial charge on any atom is -0.494 e. The summed E-state index contributed by atoms with van der Waals surface area (Å²) in [5, 5.41) is 19.4. The highest BCUT2D eigenvalue weighted by molar-refractivity contribution is 5.81. The largest absolute Gasteiger partial charge is 0.494 e. The van der Waals surface area contributed by atoms with Crippen molar-refractivity contribution in [3.8, 4) is 33.9 Å². The molecule has 0 saturated carbocycles. The van der Waals surface area contributed by atoms with E-state index in [1.807, 2.05) is 66.9 Å². The van der Waals surface area contributed by atoms with E-state index in [4.69, 9.17) is 28.4 Å². The lowest BCUT2D eigenvalue weighted by Gasteiger charge is -2.11. The van der Waals surface area contributed by atoms with Crippen LogP contribution in [0.15, 0.2) is 92.2 Å². The summed E-state index contributed by atoms with van der Waals surface area (Å²) in [5.41, 5.74) is 3.88. The van der Waals surface area contributed by atoms with Gasteiger partial charge < -0.3 is 38.6 Å². The molecular weight excluding hydrogens is 618 g/mol. The van der Waals surface area contributed by atoms with Crippen LogP contribution in [0, 0.1) is 0 Å². The van der Waals surface area contributed by atoms with E-state index in [-0.39, 0.29) is 26.4 Å². The second kappa shape index (κ2) is 22.1. The number of hydrogen-bond acceptors (Lipinski definition) is 11. The maximum absolute atomic E-state index is 11.0. The number of aliphatic hydroxyl groups is 2. The van der Waals surface area contributed by atoms with E-state index in [1.165, 1.54) is 0 Å². The van der Waals surface area contributed by atoms with Crippen molar-refractivity contribution in [2.75, 3.05) is 52.9 Å². The van der Waals surface area contributed by atoms with Gasteiger partial charge in [-0.2, -0.15) is 0 Å². The number of pyridine rings is 1. The third kappa shape index (κ3) is 14.9. The molecule has 1 aromatic heterocycles. The third-order valence-corrected chi connectivity index (χ3v) is 6.79. The van der Waals surface area contributed by atoms with Crippen molar-refractivity contribution in [2.24, 2.45) is 0 Å². The van der Waals surface area contributed by atoms with Crippen molar-refractivity contribution in [1.29, 1.82) is 0 Å². The van der Waals surface area contributed by atoms with Gasteiger partial charge in [0, 0.05) is 42.7 Å². The van der Waals surface area contributed by atoms with Gasteiger partial charge >= 0.3 is 11.9 Å². The SMILES string of the molecule is C=CC(=O)OCC(O)COCCCCOc1ccc(-c2ccc(-c3ccc(OCCCCOCC(O)COC(=O)C=C)cc3)nc2)cc1. The number of nitrogens with zero attached hydrogens (tertiary/aromatic N) is 1. The zero-order chi connectivity index (χ0) is 34.4. The molecule has 1 heterocycles. The van der Waals surface area contributed by atoms with Gasteiger partial charge in [0.05, 0.1) is 32.1 Å². The molecule has 2 N–H and O–H groups in total. The Morgan fingerprint density at radius 2 is 1.04 bits per heavy atom. The second-order valence-electron chi connectivity index (χ2n) is 10.7. The van der Waals surface area contributed by atoms with Crippen LogP contribution in [0.3, 0.4) is 0 Å². The van der Waals surface area contributed by atoms with Crippen LogP contribution in [-0.2, 0) is 28.5 Å². The van der Waals surface area contributed by atoms with Crippen LogP contribution in [0.25, 0.3) is 22.4 Å². The Morgan fingerprint density at radius 3 is 1.48 bits per heavy atom. The molecule has 0 radical (unpaired) electrons. The van der Waals surface area contributed by atoms with Crippen LogP contribution in [0.5, 0.6) is 11.5 Å². The zero-order valence-electron chi connectivity index (χ0n) is 27.2. The maximum Gasteiger partial charge on any atom is 0.330 e. The van der Waals surface area contributed by atoms with E-state index in [0.29, 0.717) is 26.4 Å². The van der Waals surface area contributed by atoms with Crippen LogP contribution >= 0.6 is 0 Å². The first-order valence-electron chi connectivity index (χ1n) is 15.9. The van der Waals surface area contributed by atoms with Gasteiger partial charge in [0.15, 0.2) is 0 Å². The van der Waals surface area contributed by atoms with Crippen LogP contribution in [-0.4, -0.2) is 92.2 Å². The van der Waals surface area contributed by atoms with E-state index in [1.54, 1.807) is 0 Å². The smallest absolute Gasteiger partial charge is 0.330 e. The highest BCUT2D eigenvalue weighted by Crippen LogP contribution is 2.26. The predicted octanol–water partition coefficient (Wildman–Crippen LogP) is 4.95. The fourth-order valence-corrected chi connectivity index (χ4v) is 4.20. The standard InChI is InChI=1S/C37H45NO10/c1-3-36(41)47-26-31(39)24-43-19-5-7-21-45-33-14-9-28(10-15-33)30-13-18-35(38-23-30)29-11-16-34(17-12-29)46-22-8-6-20-44-25-32(40)27-48-37(42)4-2/h3-4,9-18,23,31-32,39-40H,1-2,5-8,19-22,24-27H2. The first kappa shape index (κ1) is 37.9. The lowest BCUT2D eigenvalue weighted by Crippen LogP contribution is -2.23. The van der Waals surface area contributed by atoms with Crippen molar-refractivity contribution in [2.45, 2.75) is 37.9 Å². The minimum atomic E-state index is -0.865. The fraction of sp³-hybridized carbons (Fsp3) is 0.378. The third-order valence-electron chi connectivity index (χ3n) is 6.79. The van der Waals surface area contributed by atoms with Crippen molar-refractivity contribution in [3.05, 3.63) is 92.2 Å². The molecule has 0 saturated heterocycles. The van der Waals surface area contributed by atoms with Gasteiger partial charge in [-0.25, -0.2) is 9.59 Å². The fourth-order valence-electron chi connectivity index (χ4n) is 4.20. The van der Waals surface area contributed by atoms with Gasteiger partial charge in [0.1, 0.15) is 36.9 Å². The molecule has 258 valence electrons. The van der Waals surface area contributed by atoms with Crippen LogP contribution in [0.2, 0.25) is 0 Å². The molecule has 48 heavy (non-hydrogen) atoms. The summed E-state index contributed by atoms with van der Waals surface area (Å²) in [7, 11) is 0. The monoisotopic (exact) mass is 663 g/mol. The average molecular weight is 664 g/mol. The number of ether oxygens (including phenoxy) is 6. The number of esters is 2. The van der Waals surface area contributed by atoms with Crippen LogP contribution < -0.4 is 9.47 Å². The van der Waals surface area contributed by atoms with E-state index in [0.717, 1.165) is 71.7 Å². The highest BCUT2D eigenvalue weighted by atomic mass is 16.6. The summed E-state index contributed by atoms with van der Waals surface area (Å²) in [5.74, 6) is 0.401. The van der Waals surface area contributed by atoms with E-state index in [9.17, 15) is 19.8 Å². The van der Waals surface area contributed by atoms with Gasteiger partial charge in [-0.3, -0.25) is 4.98 Å². The molecule has 3 rings (SSSR count). The normalized spacial score (nSPS) is 12.0. The molecule has 11 heteroatoms. The van der Waals surface area contributed by atoms with Crippen molar-refractivity contribution in [1.82, 2.24) is 4.98 Å². The molecule has 0 aliphatic heterocycles. The van der Waals surface area contributed by atoms with E-state index < -0.39 is 24.1 Å². The summed E-state index contributed by atoms with van der Waals surface area (Å²) < 4.78 is 32.0. The van der Waals surface area contributed by atoms with Crippen LogP contribution in [0.4, 0.5) is 0 Å². The van der Waals surface area contributed by atoms with Crippen LogP contribution in [0.1, 0.15) is 25.7 Å². The Bertz CT molecular complexity index is 1270. The molecule has 0 aliphatic carbocycles. The molecule has 0 amide bonds. The van der Waals surface area contributed by atoms with Crippen molar-refractivity contribution >= 4 is 11.9 Å². The Balaban J connectivity index is 1.29. The molecule has 2 atom stereocenters. The summed E-state index contributed by atoms with van der Waals surface area (Å²) in [4.78, 5) is 26.6. The Hall–Kier alpha value is -4.55. The number of hydrogen-bond donors (Lipinski definition) is 2. The Labute approximate surface area is 281 Å². The summed E-state index contributed by atoms with van der Waals surface area (Å²) in [6, 6.07) is 19.7. The first-order chi connectivity index (χ1) is 23.4. The van der Waals surface area contributed by atoms with Gasteiger partial charge in [0.25, 0.3) is 0 Å². The molecule has 0 fully saturated rings. The number of unbranched alkanes of at least 4 members (excludes halogenated alkanes) is 2. The number of carbonyl (C=O) groups is 2. The number of benzene rings is 2. The lowest BCUT2D eigenvalue weighted by atomic mass is 10.1. The summed E-state index contributed by atoms with van der Waals surface area (Å²) in [6.07, 6.45) is 5.35. The molecule has 3 aromatic rings. The van der Waals surface area contributed by atoms with Gasteiger partial charge in [-0.15, -0.1) is 0 Å². The topological polar surface area (TPSA) is 143 Å². The zero-order valence-corrected chi connectivity index (χ0v) is 27.2. The molecule has 0 bridgehead atoms. The van der Waals surface area contributed by atoms with E-state index in [2.05, 4.69) is 18.1 Å². The van der Waals surface area contributed by atoms with Crippen molar-refractivity contribution < 1.29 is 48.2 Å². The highest BCUT2D eigenvalue weighted by Gasteiger charge is 2.09. The van der Waals surface area contributed by atoms with Crippen molar-refractivity contribution in [3.63, 3.8) is 0 Å². The molecule has 0 aliphatic rings. The lowest BCUT2D eigenvalue weighted by molar-refractivity contribution is -0.142. The second-order valence-corrected chi connectivity index (χ2v) is 10.7. The molecule has 2 aromatic carbocycles. The molecule has 2 unspecified atom stereocenters. The maximum atomic E-state index is 11.0. The quantitative estimate of drug-likeness (QED) is 0.0764. The van der Waals surface area contributed by atoms with Gasteiger partial charge in [-0.05, 0) is 73.7 Å². The van der Waals surface area contributed by atoms with Gasteiger partial charge in [0.2, 0.25) is 0 Å². The minimum absolute atomic E-state index is 0.0951. The Kier molecular flexibility index (Phi) is 17.4. The molecular formula is C37H45NO10. The molecule has 11 nitrogen and oxygen atoms in total. The summed E-state index contributed by atoms with van der Waals surface area (Å²) in [6.45, 7) is 8.58. The number of aliphatic hydroxyl groups excluding tert-OH is 2. The molecule has 0 spiro atoms. The summed E-state index contributed by atoms with van der Waals surface area (Å²) >= 11 is 0. The van der Waals surface area contributed by atoms with E-state index >= 15 is 0 Å². The average Bonchev–Trinajstić information content (AvgIpc) is 3.12.